The number of halogens is 3. The average Bonchev–Trinajstić information content (AvgIpc) is 2.53. The monoisotopic (exact) mass is 348 g/mol. The molecule has 0 saturated heterocycles. The summed E-state index contributed by atoms with van der Waals surface area (Å²) < 4.78 is 39.9. The highest BCUT2D eigenvalue weighted by Crippen LogP contribution is 2.49. The first kappa shape index (κ1) is 15.1. The van der Waals surface area contributed by atoms with Crippen LogP contribution in [0.2, 0.25) is 0 Å². The third-order valence-electron chi connectivity index (χ3n) is 3.92. The van der Waals surface area contributed by atoms with Gasteiger partial charge in [0, 0.05) is 10.3 Å². The van der Waals surface area contributed by atoms with E-state index in [1.165, 1.54) is 6.07 Å². The van der Waals surface area contributed by atoms with Crippen LogP contribution < -0.4 is 10.9 Å². The lowest BCUT2D eigenvalue weighted by molar-refractivity contribution is -0.137. The van der Waals surface area contributed by atoms with E-state index in [1.54, 1.807) is 12.1 Å². The Bertz CT molecular complexity index is 1040. The predicted octanol–water partition coefficient (Wildman–Crippen LogP) is 5.06. The van der Waals surface area contributed by atoms with E-state index in [2.05, 4.69) is 10.3 Å². The summed E-state index contributed by atoms with van der Waals surface area (Å²) >= 11 is 1.05. The fourth-order valence-electron chi connectivity index (χ4n) is 2.83. The first-order valence-corrected chi connectivity index (χ1v) is 7.98. The van der Waals surface area contributed by atoms with Crippen LogP contribution in [0.15, 0.2) is 51.0 Å². The third kappa shape index (κ3) is 2.27. The van der Waals surface area contributed by atoms with Crippen LogP contribution in [-0.4, -0.2) is 4.98 Å². The molecule has 3 aromatic rings. The van der Waals surface area contributed by atoms with Crippen LogP contribution >= 0.6 is 11.8 Å². The SMILES string of the molecule is Cc1ccc2[nH]c(=O)c3c(c2c1)Nc1c(cccc1C(F)(F)F)S3. The zero-order chi connectivity index (χ0) is 17.1. The number of H-pyrrole nitrogens is 1. The van der Waals surface area contributed by atoms with Crippen molar-refractivity contribution < 1.29 is 13.2 Å². The van der Waals surface area contributed by atoms with Crippen molar-refractivity contribution in [2.75, 3.05) is 5.32 Å². The number of fused-ring (bicyclic) bond motifs is 4. The van der Waals surface area contributed by atoms with Crippen molar-refractivity contribution in [3.05, 3.63) is 57.9 Å². The maximum Gasteiger partial charge on any atom is 0.418 e. The first-order valence-electron chi connectivity index (χ1n) is 7.16. The zero-order valence-corrected chi connectivity index (χ0v) is 13.2. The summed E-state index contributed by atoms with van der Waals surface area (Å²) in [6.07, 6.45) is -4.47. The van der Waals surface area contributed by atoms with E-state index in [4.69, 9.17) is 0 Å². The summed E-state index contributed by atoms with van der Waals surface area (Å²) in [5.74, 6) is 0. The van der Waals surface area contributed by atoms with Gasteiger partial charge in [-0.1, -0.05) is 29.5 Å². The van der Waals surface area contributed by atoms with Gasteiger partial charge in [0.15, 0.2) is 0 Å². The van der Waals surface area contributed by atoms with Crippen molar-refractivity contribution in [2.24, 2.45) is 0 Å². The Balaban J connectivity index is 2.01. The van der Waals surface area contributed by atoms with Gasteiger partial charge < -0.3 is 10.3 Å². The lowest BCUT2D eigenvalue weighted by atomic mass is 10.1. The number of benzene rings is 2. The second kappa shape index (κ2) is 5.04. The Morgan fingerprint density at radius 2 is 1.88 bits per heavy atom. The molecule has 2 aromatic carbocycles. The molecule has 7 heteroatoms. The number of hydrogen-bond donors (Lipinski definition) is 2. The van der Waals surface area contributed by atoms with Crippen LogP contribution in [0.25, 0.3) is 10.9 Å². The molecule has 122 valence electrons. The van der Waals surface area contributed by atoms with Crippen LogP contribution in [0.4, 0.5) is 24.5 Å². The van der Waals surface area contributed by atoms with Crippen molar-refractivity contribution in [3.63, 3.8) is 0 Å². The number of alkyl halides is 3. The summed E-state index contributed by atoms with van der Waals surface area (Å²) in [7, 11) is 0. The summed E-state index contributed by atoms with van der Waals surface area (Å²) in [4.78, 5) is 15.9. The molecular formula is C17H11F3N2OS. The molecule has 0 saturated carbocycles. The van der Waals surface area contributed by atoms with E-state index >= 15 is 0 Å². The van der Waals surface area contributed by atoms with Gasteiger partial charge >= 0.3 is 6.18 Å². The molecule has 0 spiro atoms. The maximum absolute atomic E-state index is 13.3. The largest absolute Gasteiger partial charge is 0.418 e. The van der Waals surface area contributed by atoms with E-state index in [0.29, 0.717) is 26.4 Å². The highest BCUT2D eigenvalue weighted by molar-refractivity contribution is 7.99. The molecule has 1 aliphatic rings. The smallest absolute Gasteiger partial charge is 0.352 e. The molecule has 3 nitrogen and oxygen atoms in total. The predicted molar refractivity (Wildman–Crippen MR) is 88.2 cm³/mol. The summed E-state index contributed by atoms with van der Waals surface area (Å²) in [6.45, 7) is 1.89. The van der Waals surface area contributed by atoms with Gasteiger partial charge in [0.2, 0.25) is 0 Å². The van der Waals surface area contributed by atoms with Crippen LogP contribution in [-0.2, 0) is 6.18 Å². The van der Waals surface area contributed by atoms with Crippen LogP contribution in [0.3, 0.4) is 0 Å². The normalized spacial score (nSPS) is 13.3. The number of pyridine rings is 1. The van der Waals surface area contributed by atoms with Crippen molar-refractivity contribution in [3.8, 4) is 0 Å². The van der Waals surface area contributed by atoms with Crippen molar-refractivity contribution in [2.45, 2.75) is 22.9 Å². The van der Waals surface area contributed by atoms with Gasteiger partial charge in [0.1, 0.15) is 4.90 Å². The van der Waals surface area contributed by atoms with E-state index in [-0.39, 0.29) is 11.2 Å². The Morgan fingerprint density at radius 1 is 1.08 bits per heavy atom. The number of aryl methyl sites for hydroxylation is 1. The lowest BCUT2D eigenvalue weighted by Gasteiger charge is -2.24. The number of rotatable bonds is 0. The van der Waals surface area contributed by atoms with E-state index < -0.39 is 11.7 Å². The molecule has 0 aliphatic carbocycles. The quantitative estimate of drug-likeness (QED) is 0.467. The molecule has 2 N–H and O–H groups in total. The van der Waals surface area contributed by atoms with Crippen LogP contribution in [0.1, 0.15) is 11.1 Å². The molecule has 2 heterocycles. The number of para-hydroxylation sites is 1. The van der Waals surface area contributed by atoms with Crippen molar-refractivity contribution in [1.82, 2.24) is 4.98 Å². The standard InChI is InChI=1S/C17H11F3N2OS/c1-8-5-6-11-9(7-8)13-15(16(23)21-11)24-12-4-2-3-10(14(12)22-13)17(18,19)20/h2-7,22H,1H3,(H,21,23). The molecule has 0 radical (unpaired) electrons. The van der Waals surface area contributed by atoms with Crippen LogP contribution in [0, 0.1) is 6.92 Å². The van der Waals surface area contributed by atoms with Gasteiger partial charge in [-0.15, -0.1) is 0 Å². The number of hydrogen-bond acceptors (Lipinski definition) is 3. The van der Waals surface area contributed by atoms with Gasteiger partial charge in [-0.2, -0.15) is 13.2 Å². The molecule has 0 amide bonds. The highest BCUT2D eigenvalue weighted by Gasteiger charge is 2.36. The fourth-order valence-corrected chi connectivity index (χ4v) is 3.86. The summed E-state index contributed by atoms with van der Waals surface area (Å²) in [5.41, 5.74) is 0.910. The molecule has 0 unspecified atom stereocenters. The topological polar surface area (TPSA) is 44.9 Å². The maximum atomic E-state index is 13.3. The summed E-state index contributed by atoms with van der Waals surface area (Å²) in [6, 6.07) is 9.40. The van der Waals surface area contributed by atoms with Gasteiger partial charge in [-0.25, -0.2) is 0 Å². The minimum Gasteiger partial charge on any atom is -0.352 e. The zero-order valence-electron chi connectivity index (χ0n) is 12.4. The molecule has 1 aliphatic heterocycles. The average molecular weight is 348 g/mol. The Labute approximate surface area is 138 Å². The number of aromatic nitrogens is 1. The minimum absolute atomic E-state index is 0.00379. The van der Waals surface area contributed by atoms with Gasteiger partial charge in [-0.3, -0.25) is 4.79 Å². The molecule has 0 fully saturated rings. The van der Waals surface area contributed by atoms with Crippen LogP contribution in [0.5, 0.6) is 0 Å². The van der Waals surface area contributed by atoms with E-state index in [9.17, 15) is 18.0 Å². The Hall–Kier alpha value is -2.41. The molecule has 0 atom stereocenters. The highest BCUT2D eigenvalue weighted by atomic mass is 32.2. The number of aromatic amines is 1. The lowest BCUT2D eigenvalue weighted by Crippen LogP contribution is -2.17. The molecule has 0 bridgehead atoms. The molecule has 4 rings (SSSR count). The van der Waals surface area contributed by atoms with Crippen molar-refractivity contribution in [1.29, 1.82) is 0 Å². The Morgan fingerprint density at radius 3 is 2.62 bits per heavy atom. The van der Waals surface area contributed by atoms with E-state index in [1.807, 2.05) is 19.1 Å². The second-order valence-corrected chi connectivity index (χ2v) is 6.66. The second-order valence-electron chi connectivity index (χ2n) is 5.61. The van der Waals surface area contributed by atoms with Gasteiger partial charge in [-0.05, 0) is 31.2 Å². The van der Waals surface area contributed by atoms with E-state index in [0.717, 1.165) is 23.4 Å². The molecule has 24 heavy (non-hydrogen) atoms. The van der Waals surface area contributed by atoms with Crippen molar-refractivity contribution >= 4 is 34.0 Å². The molecular weight excluding hydrogens is 337 g/mol. The third-order valence-corrected chi connectivity index (χ3v) is 5.07. The minimum atomic E-state index is -4.47. The number of anilines is 2. The Kier molecular flexibility index (Phi) is 3.18. The summed E-state index contributed by atoms with van der Waals surface area (Å²) in [5, 5.41) is 3.56. The molecule has 1 aromatic heterocycles. The number of nitrogens with one attached hydrogen (secondary N) is 2. The first-order chi connectivity index (χ1) is 11.3. The van der Waals surface area contributed by atoms with Gasteiger partial charge in [0.05, 0.1) is 22.5 Å². The fraction of sp³-hybridized carbons (Fsp3) is 0.118. The van der Waals surface area contributed by atoms with Gasteiger partial charge in [0.25, 0.3) is 5.56 Å².